The lowest BCUT2D eigenvalue weighted by Gasteiger charge is -2.17. The summed E-state index contributed by atoms with van der Waals surface area (Å²) in [5, 5.41) is 0. The van der Waals surface area contributed by atoms with Gasteiger partial charge < -0.3 is 0 Å². The van der Waals surface area contributed by atoms with Crippen LogP contribution in [0.1, 0.15) is 41.5 Å². The van der Waals surface area contributed by atoms with E-state index in [0.29, 0.717) is 5.92 Å². The van der Waals surface area contributed by atoms with Crippen LogP contribution < -0.4 is 0 Å². The molecule has 0 nitrogen and oxygen atoms in total. The molecule has 0 heteroatoms. The highest BCUT2D eigenvalue weighted by Crippen LogP contribution is 2.20. The standard InChI is InChI=1S/C11H22/c1-8(2)7-10(5)11(6)9(3)4/h7-9,11H,1-6H3/b10-7+/t11-/m0/s1. The lowest BCUT2D eigenvalue weighted by molar-refractivity contribution is 0.476. The van der Waals surface area contributed by atoms with Crippen molar-refractivity contribution in [1.29, 1.82) is 0 Å². The van der Waals surface area contributed by atoms with Gasteiger partial charge in [-0.05, 0) is 24.7 Å². The predicted octanol–water partition coefficient (Wildman–Crippen LogP) is 3.88. The molecule has 0 amide bonds. The first kappa shape index (κ1) is 10.7. The smallest absolute Gasteiger partial charge is 0.0211 e. The fourth-order valence-electron chi connectivity index (χ4n) is 1.20. The summed E-state index contributed by atoms with van der Waals surface area (Å²) in [5.41, 5.74) is 1.54. The highest BCUT2D eigenvalue weighted by molar-refractivity contribution is 5.04. The zero-order valence-corrected chi connectivity index (χ0v) is 8.81. The molecule has 0 bridgehead atoms. The van der Waals surface area contributed by atoms with E-state index in [1.54, 1.807) is 0 Å². The van der Waals surface area contributed by atoms with E-state index in [9.17, 15) is 0 Å². The zero-order chi connectivity index (χ0) is 9.02. The van der Waals surface area contributed by atoms with Gasteiger partial charge in [-0.2, -0.15) is 0 Å². The molecule has 0 spiro atoms. The summed E-state index contributed by atoms with van der Waals surface area (Å²) in [6, 6.07) is 0. The highest BCUT2D eigenvalue weighted by Gasteiger charge is 2.08. The molecule has 0 unspecified atom stereocenters. The van der Waals surface area contributed by atoms with Gasteiger partial charge in [0, 0.05) is 0 Å². The van der Waals surface area contributed by atoms with Crippen LogP contribution in [0.5, 0.6) is 0 Å². The van der Waals surface area contributed by atoms with Gasteiger partial charge in [-0.1, -0.05) is 46.3 Å². The first-order valence-corrected chi connectivity index (χ1v) is 4.63. The van der Waals surface area contributed by atoms with Crippen molar-refractivity contribution in [3.05, 3.63) is 11.6 Å². The second kappa shape index (κ2) is 4.58. The van der Waals surface area contributed by atoms with Gasteiger partial charge >= 0.3 is 0 Å². The number of rotatable bonds is 3. The molecule has 66 valence electrons. The molecular weight excluding hydrogens is 132 g/mol. The van der Waals surface area contributed by atoms with E-state index in [1.807, 2.05) is 0 Å². The Morgan fingerprint density at radius 2 is 1.45 bits per heavy atom. The minimum absolute atomic E-state index is 0.691. The van der Waals surface area contributed by atoms with Gasteiger partial charge in [-0.3, -0.25) is 0 Å². The topological polar surface area (TPSA) is 0 Å². The molecule has 0 radical (unpaired) electrons. The average Bonchev–Trinajstić information content (AvgIpc) is 1.84. The maximum atomic E-state index is 2.37. The molecular formula is C11H22. The van der Waals surface area contributed by atoms with Gasteiger partial charge in [0.25, 0.3) is 0 Å². The minimum atomic E-state index is 0.691. The van der Waals surface area contributed by atoms with Crippen molar-refractivity contribution in [2.24, 2.45) is 17.8 Å². The van der Waals surface area contributed by atoms with Crippen molar-refractivity contribution < 1.29 is 0 Å². The summed E-state index contributed by atoms with van der Waals surface area (Å²) in [4.78, 5) is 0. The number of hydrogen-bond donors (Lipinski definition) is 0. The van der Waals surface area contributed by atoms with E-state index in [2.05, 4.69) is 47.6 Å². The third-order valence-corrected chi connectivity index (χ3v) is 2.31. The molecule has 0 rings (SSSR count). The Kier molecular flexibility index (Phi) is 4.48. The molecule has 0 aromatic carbocycles. The molecule has 0 saturated carbocycles. The minimum Gasteiger partial charge on any atom is -0.0828 e. The fourth-order valence-corrected chi connectivity index (χ4v) is 1.20. The van der Waals surface area contributed by atoms with Gasteiger partial charge in [0.05, 0.1) is 0 Å². The van der Waals surface area contributed by atoms with Gasteiger partial charge in [0.2, 0.25) is 0 Å². The number of hydrogen-bond acceptors (Lipinski definition) is 0. The Balaban J connectivity index is 4.11. The van der Waals surface area contributed by atoms with Crippen molar-refractivity contribution >= 4 is 0 Å². The van der Waals surface area contributed by atoms with Crippen molar-refractivity contribution in [2.45, 2.75) is 41.5 Å². The van der Waals surface area contributed by atoms with E-state index < -0.39 is 0 Å². The van der Waals surface area contributed by atoms with Crippen molar-refractivity contribution in [2.75, 3.05) is 0 Å². The Morgan fingerprint density at radius 1 is 1.00 bits per heavy atom. The summed E-state index contributed by atoms with van der Waals surface area (Å²) >= 11 is 0. The lowest BCUT2D eigenvalue weighted by Crippen LogP contribution is -2.05. The van der Waals surface area contributed by atoms with Crippen LogP contribution in [0.4, 0.5) is 0 Å². The van der Waals surface area contributed by atoms with E-state index in [-0.39, 0.29) is 0 Å². The predicted molar refractivity (Wildman–Crippen MR) is 52.6 cm³/mol. The van der Waals surface area contributed by atoms with Crippen molar-refractivity contribution in [1.82, 2.24) is 0 Å². The van der Waals surface area contributed by atoms with Crippen LogP contribution in [-0.2, 0) is 0 Å². The molecule has 0 N–H and O–H groups in total. The average molecular weight is 154 g/mol. The molecule has 0 saturated heterocycles. The maximum absolute atomic E-state index is 2.37. The second-order valence-electron chi connectivity index (χ2n) is 4.19. The van der Waals surface area contributed by atoms with E-state index in [0.717, 1.165) is 11.8 Å². The third-order valence-electron chi connectivity index (χ3n) is 2.31. The molecule has 0 aromatic rings. The molecule has 0 heterocycles. The molecule has 11 heavy (non-hydrogen) atoms. The van der Waals surface area contributed by atoms with E-state index in [1.165, 1.54) is 5.57 Å². The van der Waals surface area contributed by atoms with Crippen LogP contribution in [0.3, 0.4) is 0 Å². The first-order chi connectivity index (χ1) is 4.95. The third kappa shape index (κ3) is 4.23. The summed E-state index contributed by atoms with van der Waals surface area (Å²) < 4.78 is 0. The van der Waals surface area contributed by atoms with Gasteiger partial charge in [-0.25, -0.2) is 0 Å². The molecule has 0 aliphatic rings. The monoisotopic (exact) mass is 154 g/mol. The Labute approximate surface area is 71.7 Å². The Hall–Kier alpha value is -0.260. The number of allylic oxidation sites excluding steroid dienone is 2. The van der Waals surface area contributed by atoms with Crippen molar-refractivity contribution in [3.63, 3.8) is 0 Å². The largest absolute Gasteiger partial charge is 0.0828 e. The van der Waals surface area contributed by atoms with E-state index in [4.69, 9.17) is 0 Å². The van der Waals surface area contributed by atoms with Gasteiger partial charge in [-0.15, -0.1) is 0 Å². The van der Waals surface area contributed by atoms with Crippen LogP contribution in [0.25, 0.3) is 0 Å². The molecule has 0 aliphatic heterocycles. The normalized spacial score (nSPS) is 16.2. The Bertz CT molecular complexity index is 129. The summed E-state index contributed by atoms with van der Waals surface area (Å²) in [6.07, 6.45) is 2.37. The quantitative estimate of drug-likeness (QED) is 0.541. The van der Waals surface area contributed by atoms with Crippen LogP contribution in [0.2, 0.25) is 0 Å². The van der Waals surface area contributed by atoms with Crippen LogP contribution in [0, 0.1) is 17.8 Å². The van der Waals surface area contributed by atoms with E-state index >= 15 is 0 Å². The molecule has 0 fully saturated rings. The van der Waals surface area contributed by atoms with Gasteiger partial charge in [0.15, 0.2) is 0 Å². The first-order valence-electron chi connectivity index (χ1n) is 4.63. The van der Waals surface area contributed by atoms with Crippen LogP contribution >= 0.6 is 0 Å². The zero-order valence-electron chi connectivity index (χ0n) is 8.81. The lowest BCUT2D eigenvalue weighted by atomic mass is 9.89. The van der Waals surface area contributed by atoms with Crippen LogP contribution in [0.15, 0.2) is 11.6 Å². The molecule has 0 aromatic heterocycles. The summed E-state index contributed by atoms with van der Waals surface area (Å²) in [6.45, 7) is 13.6. The maximum Gasteiger partial charge on any atom is -0.0211 e. The second-order valence-corrected chi connectivity index (χ2v) is 4.19. The summed E-state index contributed by atoms with van der Waals surface area (Å²) in [5.74, 6) is 2.19. The molecule has 0 aliphatic carbocycles. The summed E-state index contributed by atoms with van der Waals surface area (Å²) in [7, 11) is 0. The Morgan fingerprint density at radius 3 is 1.73 bits per heavy atom. The van der Waals surface area contributed by atoms with Crippen LogP contribution in [-0.4, -0.2) is 0 Å². The SMILES string of the molecule is C/C(=C\C(C)C)[C@@H](C)C(C)C. The fraction of sp³-hybridized carbons (Fsp3) is 0.818. The van der Waals surface area contributed by atoms with Gasteiger partial charge in [0.1, 0.15) is 0 Å². The molecule has 1 atom stereocenters. The van der Waals surface area contributed by atoms with Crippen molar-refractivity contribution in [3.8, 4) is 0 Å². The highest BCUT2D eigenvalue weighted by atomic mass is 14.1.